The molecular weight excluding hydrogens is 351 g/mol. The molecule has 1 aliphatic heterocycles. The third kappa shape index (κ3) is 5.10. The van der Waals surface area contributed by atoms with Crippen molar-refractivity contribution in [2.75, 3.05) is 33.1 Å². The monoisotopic (exact) mass is 376 g/mol. The molecule has 1 fully saturated rings. The second-order valence-electron chi connectivity index (χ2n) is 5.22. The van der Waals surface area contributed by atoms with E-state index in [1.807, 2.05) is 42.5 Å². The minimum Gasteiger partial charge on any atom is -0.304 e. The van der Waals surface area contributed by atoms with Crippen LogP contribution in [-0.4, -0.2) is 42.9 Å². The lowest BCUT2D eigenvalue weighted by atomic mass is 9.96. The van der Waals surface area contributed by atoms with Crippen molar-refractivity contribution in [1.82, 2.24) is 9.80 Å². The second-order valence-corrected chi connectivity index (χ2v) is 5.66. The predicted octanol–water partition coefficient (Wildman–Crippen LogP) is 4.52. The molecule has 2 aromatic rings. The van der Waals surface area contributed by atoms with Gasteiger partial charge in [0, 0.05) is 36.6 Å². The van der Waals surface area contributed by atoms with Gasteiger partial charge in [-0.05, 0) is 30.3 Å². The normalized spacial score (nSPS) is 23.9. The van der Waals surface area contributed by atoms with Crippen molar-refractivity contribution >= 4 is 36.4 Å². The van der Waals surface area contributed by atoms with Gasteiger partial charge in [-0.15, -0.1) is 24.8 Å². The Morgan fingerprint density at radius 3 is 2.00 bits per heavy atom. The fraction of sp³-hybridized carbons (Fsp3) is 0.333. The first-order valence-corrected chi connectivity index (χ1v) is 7.37. The minimum absolute atomic E-state index is 0. The highest BCUT2D eigenvalue weighted by atomic mass is 35.5. The smallest absolute Gasteiger partial charge is 0.0602 e. The number of hydrogen-bond acceptors (Lipinski definition) is 2. The van der Waals surface area contributed by atoms with Crippen LogP contribution < -0.4 is 0 Å². The van der Waals surface area contributed by atoms with E-state index >= 15 is 0 Å². The summed E-state index contributed by atoms with van der Waals surface area (Å²) in [5.74, 6) is 0. The Bertz CT molecular complexity index is 711. The number of hydrogen-bond donors (Lipinski definition) is 0. The quantitative estimate of drug-likeness (QED) is 0.776. The molecule has 0 spiro atoms. The molecule has 23 heavy (non-hydrogen) atoms. The van der Waals surface area contributed by atoms with E-state index in [2.05, 4.69) is 0 Å². The minimum atomic E-state index is -1.82. The molecule has 126 valence electrons. The Labute approximate surface area is 161 Å². The van der Waals surface area contributed by atoms with Gasteiger partial charge in [0.1, 0.15) is 0 Å². The molecule has 2 aromatic carbocycles. The van der Waals surface area contributed by atoms with E-state index in [1.54, 1.807) is 24.1 Å². The van der Waals surface area contributed by atoms with Gasteiger partial charge in [0.2, 0.25) is 0 Å². The number of halogens is 3. The van der Waals surface area contributed by atoms with Crippen LogP contribution in [0.1, 0.15) is 22.7 Å². The van der Waals surface area contributed by atoms with Gasteiger partial charge in [0.25, 0.3) is 0 Å². The summed E-state index contributed by atoms with van der Waals surface area (Å²) in [4.78, 5) is 3.05. The Morgan fingerprint density at radius 1 is 0.913 bits per heavy atom. The molecule has 1 aliphatic rings. The molecule has 0 N–H and O–H groups in total. The molecule has 1 unspecified atom stereocenters. The fourth-order valence-electron chi connectivity index (χ4n) is 2.46. The molecule has 5 heteroatoms. The van der Waals surface area contributed by atoms with Crippen LogP contribution in [0, 0.1) is 0 Å². The Hall–Kier alpha value is -0.770. The zero-order valence-electron chi connectivity index (χ0n) is 16.8. The summed E-state index contributed by atoms with van der Waals surface area (Å²) in [5, 5.41) is 0.597. The number of piperazine rings is 1. The van der Waals surface area contributed by atoms with Crippen LogP contribution in [0.2, 0.25) is 5.02 Å². The van der Waals surface area contributed by atoms with Crippen molar-refractivity contribution in [2.45, 2.75) is 6.04 Å². The second kappa shape index (κ2) is 9.51. The van der Waals surface area contributed by atoms with E-state index in [9.17, 15) is 0 Å². The van der Waals surface area contributed by atoms with Crippen molar-refractivity contribution in [3.63, 3.8) is 0 Å². The summed E-state index contributed by atoms with van der Waals surface area (Å²) < 4.78 is 34.1. The molecular formula is C18H23Cl3N2. The van der Waals surface area contributed by atoms with Crippen LogP contribution in [0.3, 0.4) is 0 Å². The van der Waals surface area contributed by atoms with Gasteiger partial charge in [0.05, 0.1) is 6.04 Å². The maximum Gasteiger partial charge on any atom is 0.0602 e. The lowest BCUT2D eigenvalue weighted by Crippen LogP contribution is -2.46. The Morgan fingerprint density at radius 2 is 1.43 bits per heavy atom. The molecule has 1 saturated heterocycles. The summed E-state index contributed by atoms with van der Waals surface area (Å²) in [6.45, 7) is -3.36. The van der Waals surface area contributed by atoms with E-state index in [4.69, 9.17) is 17.1 Å². The summed E-state index contributed by atoms with van der Waals surface area (Å²) in [6.07, 6.45) is 0. The van der Waals surface area contributed by atoms with E-state index in [-0.39, 0.29) is 37.9 Å². The Kier molecular flexibility index (Phi) is 6.02. The third-order valence-electron chi connectivity index (χ3n) is 3.58. The lowest BCUT2D eigenvalue weighted by molar-refractivity contribution is 0.127. The van der Waals surface area contributed by atoms with Crippen LogP contribution in [0.25, 0.3) is 0 Å². The van der Waals surface area contributed by atoms with E-state index in [1.165, 1.54) is 4.90 Å². The van der Waals surface area contributed by atoms with Crippen LogP contribution in [-0.2, 0) is 0 Å². The lowest BCUT2D eigenvalue weighted by Gasteiger charge is -2.38. The predicted molar refractivity (Wildman–Crippen MR) is 103 cm³/mol. The van der Waals surface area contributed by atoms with Gasteiger partial charge in [-0.25, -0.2) is 0 Å². The third-order valence-corrected chi connectivity index (χ3v) is 3.83. The van der Waals surface area contributed by atoms with Crippen LogP contribution in [0.5, 0.6) is 0 Å². The molecule has 0 aromatic heterocycles. The molecule has 0 amide bonds. The highest BCUT2D eigenvalue weighted by molar-refractivity contribution is 6.30. The molecule has 0 saturated carbocycles. The number of likely N-dealkylation sites (N-methyl/N-ethyl adjacent to an activating group) is 1. The Balaban J connectivity index is 0.00000182. The maximum atomic E-state index is 8.53. The van der Waals surface area contributed by atoms with Gasteiger partial charge >= 0.3 is 0 Å². The van der Waals surface area contributed by atoms with Crippen LogP contribution >= 0.6 is 36.4 Å². The molecule has 1 atom stereocenters. The van der Waals surface area contributed by atoms with Gasteiger partial charge < -0.3 is 4.90 Å². The number of benzene rings is 2. The van der Waals surface area contributed by atoms with Crippen molar-refractivity contribution in [1.29, 1.82) is 0 Å². The van der Waals surface area contributed by atoms with Crippen LogP contribution in [0.4, 0.5) is 0 Å². The zero-order chi connectivity index (χ0) is 18.2. The summed E-state index contributed by atoms with van der Waals surface area (Å²) in [6, 6.07) is 16.1. The first-order valence-electron chi connectivity index (χ1n) is 8.99. The van der Waals surface area contributed by atoms with Gasteiger partial charge in [-0.1, -0.05) is 54.1 Å². The van der Waals surface area contributed by atoms with Crippen molar-refractivity contribution in [3.8, 4) is 0 Å². The molecule has 3 rings (SSSR count). The SMILES string of the molecule is Cl.Cl.[2H]C1([2H])CN(C)CC([2H])([2H])N1C(c1ccccc1)c1ccc(Cl)cc1. The average molecular weight is 378 g/mol. The fourth-order valence-corrected chi connectivity index (χ4v) is 2.59. The summed E-state index contributed by atoms with van der Waals surface area (Å²) in [5.41, 5.74) is 1.66. The molecule has 0 radical (unpaired) electrons. The van der Waals surface area contributed by atoms with E-state index in [0.29, 0.717) is 5.02 Å². The maximum absolute atomic E-state index is 8.53. The number of rotatable bonds is 3. The first-order chi connectivity index (χ1) is 11.7. The van der Waals surface area contributed by atoms with E-state index in [0.717, 1.165) is 11.1 Å². The molecule has 0 aliphatic carbocycles. The average Bonchev–Trinajstić information content (AvgIpc) is 2.51. The summed E-state index contributed by atoms with van der Waals surface area (Å²) >= 11 is 6.01. The van der Waals surface area contributed by atoms with Crippen molar-refractivity contribution < 1.29 is 5.48 Å². The largest absolute Gasteiger partial charge is 0.304 e. The van der Waals surface area contributed by atoms with Crippen LogP contribution in [0.15, 0.2) is 54.6 Å². The van der Waals surface area contributed by atoms with E-state index < -0.39 is 19.0 Å². The van der Waals surface area contributed by atoms with Crippen molar-refractivity contribution in [2.24, 2.45) is 0 Å². The first kappa shape index (κ1) is 14.6. The number of nitrogens with zero attached hydrogens (tertiary/aromatic N) is 2. The van der Waals surface area contributed by atoms with Crippen molar-refractivity contribution in [3.05, 3.63) is 70.7 Å². The summed E-state index contributed by atoms with van der Waals surface area (Å²) in [7, 11) is 1.74. The molecule has 0 bridgehead atoms. The molecule has 2 nitrogen and oxygen atoms in total. The topological polar surface area (TPSA) is 6.48 Å². The van der Waals surface area contributed by atoms with Gasteiger partial charge in [-0.3, -0.25) is 4.90 Å². The highest BCUT2D eigenvalue weighted by Crippen LogP contribution is 2.30. The van der Waals surface area contributed by atoms with Gasteiger partial charge in [-0.2, -0.15) is 0 Å². The standard InChI is InChI=1S/C18H21ClN2.2ClH/c1-20-11-13-21(14-12-20)18(15-5-3-2-4-6-15)16-7-9-17(19)10-8-16;;/h2-10,18H,11-14H2,1H3;2*1H/i13D2,14D2;;. The zero-order valence-corrected chi connectivity index (χ0v) is 15.2. The van der Waals surface area contributed by atoms with Gasteiger partial charge in [0.15, 0.2) is 0 Å². The highest BCUT2D eigenvalue weighted by Gasteiger charge is 2.25. The molecule has 1 heterocycles.